The number of ether oxygens (including phenoxy) is 1. The number of likely N-dealkylation sites (tertiary alicyclic amines) is 1. The first-order valence-corrected chi connectivity index (χ1v) is 9.00. The number of carbonyl (C=O) groups excluding carboxylic acids is 2. The van der Waals surface area contributed by atoms with Crippen molar-refractivity contribution in [2.75, 3.05) is 13.2 Å². The molecular weight excluding hydrogens is 375 g/mol. The summed E-state index contributed by atoms with van der Waals surface area (Å²) in [5.41, 5.74) is -0.626. The van der Waals surface area contributed by atoms with Gasteiger partial charge in [0.05, 0.1) is 5.56 Å². The summed E-state index contributed by atoms with van der Waals surface area (Å²) in [5.74, 6) is -1.18. The Kier molecular flexibility index (Phi) is 5.76. The van der Waals surface area contributed by atoms with Crippen LogP contribution in [0.4, 0.5) is 13.2 Å². The van der Waals surface area contributed by atoms with Crippen molar-refractivity contribution in [3.8, 4) is 11.3 Å². The highest BCUT2D eigenvalue weighted by Crippen LogP contribution is 2.32. The van der Waals surface area contributed by atoms with E-state index in [1.807, 2.05) is 6.92 Å². The van der Waals surface area contributed by atoms with Gasteiger partial charge >= 0.3 is 12.1 Å². The lowest BCUT2D eigenvalue weighted by Gasteiger charge is -2.33. The summed E-state index contributed by atoms with van der Waals surface area (Å²) in [6.07, 6.45) is -1.58. The van der Waals surface area contributed by atoms with E-state index in [1.54, 1.807) is 4.90 Å². The summed E-state index contributed by atoms with van der Waals surface area (Å²) in [6.45, 7) is 2.19. The first-order valence-electron chi connectivity index (χ1n) is 9.00. The zero-order valence-corrected chi connectivity index (χ0v) is 15.3. The van der Waals surface area contributed by atoms with Gasteiger partial charge in [0.1, 0.15) is 5.76 Å². The molecule has 1 aromatic heterocycles. The lowest BCUT2D eigenvalue weighted by Crippen LogP contribution is -2.44. The molecule has 0 spiro atoms. The summed E-state index contributed by atoms with van der Waals surface area (Å²) < 4.78 is 48.8. The van der Waals surface area contributed by atoms with E-state index >= 15 is 0 Å². The third kappa shape index (κ3) is 4.55. The maximum atomic E-state index is 12.8. The molecule has 28 heavy (non-hydrogen) atoms. The van der Waals surface area contributed by atoms with E-state index in [4.69, 9.17) is 9.15 Å². The van der Waals surface area contributed by atoms with E-state index in [0.29, 0.717) is 6.54 Å². The standard InChI is InChI=1S/C20H20F3NO4/c1-13-5-2-3-10-24(13)18(25)12-27-19(26)17-9-8-16(28-17)14-6-4-7-15(11-14)20(21,22)23/h4,6-9,11,13H,2-3,5,10,12H2,1H3. The molecule has 1 fully saturated rings. The molecule has 5 nitrogen and oxygen atoms in total. The normalized spacial score (nSPS) is 17.4. The molecule has 1 aliphatic rings. The summed E-state index contributed by atoms with van der Waals surface area (Å²) in [7, 11) is 0. The SMILES string of the molecule is CC1CCCCN1C(=O)COC(=O)c1ccc(-c2cccc(C(F)(F)F)c2)o1. The average Bonchev–Trinajstić information content (AvgIpc) is 3.16. The van der Waals surface area contributed by atoms with Gasteiger partial charge < -0.3 is 14.1 Å². The van der Waals surface area contributed by atoms with Crippen molar-refractivity contribution in [2.24, 2.45) is 0 Å². The Morgan fingerprint density at radius 3 is 2.71 bits per heavy atom. The van der Waals surface area contributed by atoms with Gasteiger partial charge in [-0.05, 0) is 50.5 Å². The van der Waals surface area contributed by atoms with Gasteiger partial charge in [0, 0.05) is 18.2 Å². The van der Waals surface area contributed by atoms with Gasteiger partial charge in [0.15, 0.2) is 6.61 Å². The van der Waals surface area contributed by atoms with E-state index < -0.39 is 24.3 Å². The van der Waals surface area contributed by atoms with Crippen LogP contribution in [0, 0.1) is 0 Å². The van der Waals surface area contributed by atoms with Crippen molar-refractivity contribution in [3.63, 3.8) is 0 Å². The number of alkyl halides is 3. The minimum absolute atomic E-state index is 0.106. The number of hydrogen-bond donors (Lipinski definition) is 0. The van der Waals surface area contributed by atoms with Crippen LogP contribution in [-0.4, -0.2) is 36.0 Å². The topological polar surface area (TPSA) is 59.8 Å². The predicted molar refractivity (Wildman–Crippen MR) is 94.5 cm³/mol. The maximum Gasteiger partial charge on any atom is 0.416 e. The molecule has 1 aromatic carbocycles. The first kappa shape index (κ1) is 20.0. The average molecular weight is 395 g/mol. The second kappa shape index (κ2) is 8.08. The molecule has 8 heteroatoms. The van der Waals surface area contributed by atoms with Crippen LogP contribution in [0.3, 0.4) is 0 Å². The number of esters is 1. The molecule has 1 unspecified atom stereocenters. The monoisotopic (exact) mass is 395 g/mol. The van der Waals surface area contributed by atoms with E-state index in [0.717, 1.165) is 31.4 Å². The number of amides is 1. The first-order chi connectivity index (χ1) is 13.3. The molecule has 2 aromatic rings. The van der Waals surface area contributed by atoms with Crippen LogP contribution in [0.5, 0.6) is 0 Å². The van der Waals surface area contributed by atoms with E-state index in [-0.39, 0.29) is 29.0 Å². The molecule has 0 bridgehead atoms. The van der Waals surface area contributed by atoms with Crippen LogP contribution in [0.15, 0.2) is 40.8 Å². The van der Waals surface area contributed by atoms with Crippen LogP contribution < -0.4 is 0 Å². The third-order valence-electron chi connectivity index (χ3n) is 4.73. The van der Waals surface area contributed by atoms with Crippen LogP contribution >= 0.6 is 0 Å². The zero-order valence-electron chi connectivity index (χ0n) is 15.3. The second-order valence-electron chi connectivity index (χ2n) is 6.75. The Morgan fingerprint density at radius 2 is 2.00 bits per heavy atom. The molecule has 0 radical (unpaired) electrons. The van der Waals surface area contributed by atoms with Gasteiger partial charge in [-0.1, -0.05) is 12.1 Å². The number of piperidine rings is 1. The quantitative estimate of drug-likeness (QED) is 0.714. The number of halogens is 3. The fourth-order valence-corrected chi connectivity index (χ4v) is 3.20. The molecule has 1 saturated heterocycles. The predicted octanol–water partition coefficient (Wildman–Crippen LogP) is 4.52. The zero-order chi connectivity index (χ0) is 20.3. The number of nitrogens with zero attached hydrogens (tertiary/aromatic N) is 1. The maximum absolute atomic E-state index is 12.8. The van der Waals surface area contributed by atoms with E-state index in [9.17, 15) is 22.8 Å². The summed E-state index contributed by atoms with van der Waals surface area (Å²) in [6, 6.07) is 7.41. The van der Waals surface area contributed by atoms with Crippen molar-refractivity contribution < 1.29 is 31.9 Å². The van der Waals surface area contributed by atoms with Gasteiger partial charge in [0.2, 0.25) is 5.76 Å². The van der Waals surface area contributed by atoms with Gasteiger partial charge in [0.25, 0.3) is 5.91 Å². The van der Waals surface area contributed by atoms with Crippen LogP contribution in [-0.2, 0) is 15.7 Å². The highest BCUT2D eigenvalue weighted by atomic mass is 19.4. The molecule has 0 saturated carbocycles. The number of rotatable bonds is 4. The van der Waals surface area contributed by atoms with E-state index in [1.165, 1.54) is 24.3 Å². The van der Waals surface area contributed by atoms with Gasteiger partial charge in [-0.25, -0.2) is 4.79 Å². The van der Waals surface area contributed by atoms with Crippen LogP contribution in [0.25, 0.3) is 11.3 Å². The van der Waals surface area contributed by atoms with Gasteiger partial charge in [-0.15, -0.1) is 0 Å². The van der Waals surface area contributed by atoms with Crippen molar-refractivity contribution >= 4 is 11.9 Å². The number of hydrogen-bond acceptors (Lipinski definition) is 4. The molecule has 0 aliphatic carbocycles. The van der Waals surface area contributed by atoms with Crippen molar-refractivity contribution in [1.82, 2.24) is 4.90 Å². The molecule has 1 atom stereocenters. The lowest BCUT2D eigenvalue weighted by atomic mass is 10.0. The van der Waals surface area contributed by atoms with Gasteiger partial charge in [-0.2, -0.15) is 13.2 Å². The number of furan rings is 1. The highest BCUT2D eigenvalue weighted by Gasteiger charge is 2.31. The fourth-order valence-electron chi connectivity index (χ4n) is 3.20. The van der Waals surface area contributed by atoms with Crippen LogP contribution in [0.2, 0.25) is 0 Å². The largest absolute Gasteiger partial charge is 0.450 e. The van der Waals surface area contributed by atoms with Gasteiger partial charge in [-0.3, -0.25) is 4.79 Å². The second-order valence-corrected chi connectivity index (χ2v) is 6.75. The van der Waals surface area contributed by atoms with Crippen molar-refractivity contribution in [3.05, 3.63) is 47.7 Å². The smallest absolute Gasteiger partial charge is 0.416 e. The Labute approximate surface area is 160 Å². The minimum atomic E-state index is -4.48. The Balaban J connectivity index is 1.64. The minimum Gasteiger partial charge on any atom is -0.450 e. The number of carbonyl (C=O) groups is 2. The van der Waals surface area contributed by atoms with Crippen molar-refractivity contribution in [1.29, 1.82) is 0 Å². The van der Waals surface area contributed by atoms with Crippen LogP contribution in [0.1, 0.15) is 42.3 Å². The summed E-state index contributed by atoms with van der Waals surface area (Å²) in [4.78, 5) is 26.0. The fraction of sp³-hybridized carbons (Fsp3) is 0.400. The van der Waals surface area contributed by atoms with E-state index in [2.05, 4.69) is 0 Å². The third-order valence-corrected chi connectivity index (χ3v) is 4.73. The molecular formula is C20H20F3NO4. The Morgan fingerprint density at radius 1 is 1.21 bits per heavy atom. The molecule has 3 rings (SSSR count). The number of benzene rings is 1. The lowest BCUT2D eigenvalue weighted by molar-refractivity contribution is -0.138. The Hall–Kier alpha value is -2.77. The molecule has 2 heterocycles. The summed E-state index contributed by atoms with van der Waals surface area (Å²) in [5, 5.41) is 0. The molecule has 150 valence electrons. The molecule has 0 N–H and O–H groups in total. The van der Waals surface area contributed by atoms with Crippen molar-refractivity contribution in [2.45, 2.75) is 38.4 Å². The summed E-state index contributed by atoms with van der Waals surface area (Å²) >= 11 is 0. The molecule has 1 aliphatic heterocycles. The highest BCUT2D eigenvalue weighted by molar-refractivity contribution is 5.89. The molecule has 1 amide bonds. The Bertz CT molecular complexity index is 859.